The Hall–Kier alpha value is -1.69. The summed E-state index contributed by atoms with van der Waals surface area (Å²) in [7, 11) is 0. The SMILES string of the molecule is CC(C)CNC(=O)CNC(=O)c1ccc(Cl)nn1. The lowest BCUT2D eigenvalue weighted by molar-refractivity contribution is -0.120. The third-order valence-electron chi connectivity index (χ3n) is 1.98. The van der Waals surface area contributed by atoms with Crippen molar-refractivity contribution >= 4 is 23.4 Å². The molecule has 0 aliphatic carbocycles. The van der Waals surface area contributed by atoms with Gasteiger partial charge in [-0.25, -0.2) is 0 Å². The van der Waals surface area contributed by atoms with Crippen LogP contribution in [0.5, 0.6) is 0 Å². The summed E-state index contributed by atoms with van der Waals surface area (Å²) in [5, 5.41) is 12.5. The Labute approximate surface area is 110 Å². The fraction of sp³-hybridized carbons (Fsp3) is 0.455. The molecule has 2 amide bonds. The summed E-state index contributed by atoms with van der Waals surface area (Å²) < 4.78 is 0. The minimum absolute atomic E-state index is 0.0874. The highest BCUT2D eigenvalue weighted by molar-refractivity contribution is 6.29. The van der Waals surface area contributed by atoms with Crippen LogP contribution in [-0.2, 0) is 4.79 Å². The molecule has 0 aromatic carbocycles. The molecule has 0 bridgehead atoms. The maximum absolute atomic E-state index is 11.6. The maximum Gasteiger partial charge on any atom is 0.272 e. The summed E-state index contributed by atoms with van der Waals surface area (Å²) in [5.74, 6) is -0.329. The van der Waals surface area contributed by atoms with E-state index in [0.29, 0.717) is 12.5 Å². The minimum Gasteiger partial charge on any atom is -0.354 e. The molecule has 0 saturated heterocycles. The number of carbonyl (C=O) groups excluding carboxylic acids is 2. The maximum atomic E-state index is 11.6. The van der Waals surface area contributed by atoms with Crippen LogP contribution in [0.1, 0.15) is 24.3 Å². The largest absolute Gasteiger partial charge is 0.354 e. The van der Waals surface area contributed by atoms with Gasteiger partial charge in [-0.3, -0.25) is 9.59 Å². The van der Waals surface area contributed by atoms with Crippen LogP contribution >= 0.6 is 11.6 Å². The zero-order chi connectivity index (χ0) is 13.5. The molecule has 18 heavy (non-hydrogen) atoms. The molecule has 1 heterocycles. The summed E-state index contributed by atoms with van der Waals surface area (Å²) in [5.41, 5.74) is 0.121. The van der Waals surface area contributed by atoms with Gasteiger partial charge in [-0.05, 0) is 18.1 Å². The normalized spacial score (nSPS) is 10.2. The van der Waals surface area contributed by atoms with Gasteiger partial charge in [0.2, 0.25) is 5.91 Å². The first-order chi connectivity index (χ1) is 8.49. The van der Waals surface area contributed by atoms with E-state index in [0.717, 1.165) is 0 Å². The molecule has 98 valence electrons. The number of rotatable bonds is 5. The van der Waals surface area contributed by atoms with Crippen LogP contribution in [0.4, 0.5) is 0 Å². The van der Waals surface area contributed by atoms with Crippen LogP contribution < -0.4 is 10.6 Å². The number of nitrogens with one attached hydrogen (secondary N) is 2. The summed E-state index contributed by atoms with van der Waals surface area (Å²) in [6, 6.07) is 2.90. The molecule has 0 aliphatic rings. The van der Waals surface area contributed by atoms with Gasteiger partial charge < -0.3 is 10.6 Å². The van der Waals surface area contributed by atoms with E-state index in [1.54, 1.807) is 0 Å². The van der Waals surface area contributed by atoms with Crippen molar-refractivity contribution in [2.75, 3.05) is 13.1 Å². The van der Waals surface area contributed by atoms with Gasteiger partial charge in [-0.15, -0.1) is 10.2 Å². The molecule has 7 heteroatoms. The van der Waals surface area contributed by atoms with Gasteiger partial charge >= 0.3 is 0 Å². The van der Waals surface area contributed by atoms with E-state index in [1.165, 1.54) is 12.1 Å². The average Bonchev–Trinajstić information content (AvgIpc) is 2.34. The molecule has 0 spiro atoms. The fourth-order valence-electron chi connectivity index (χ4n) is 1.07. The second-order valence-electron chi connectivity index (χ2n) is 4.12. The predicted octanol–water partition coefficient (Wildman–Crippen LogP) is 0.632. The van der Waals surface area contributed by atoms with Gasteiger partial charge in [0.25, 0.3) is 5.91 Å². The molecule has 0 atom stereocenters. The van der Waals surface area contributed by atoms with Gasteiger partial charge in [-0.2, -0.15) is 0 Å². The Morgan fingerprint density at radius 3 is 2.56 bits per heavy atom. The highest BCUT2D eigenvalue weighted by Gasteiger charge is 2.09. The summed E-state index contributed by atoms with van der Waals surface area (Å²) in [6.45, 7) is 4.47. The molecular formula is C11H15ClN4O2. The first kappa shape index (κ1) is 14.4. The van der Waals surface area contributed by atoms with Crippen molar-refractivity contribution in [1.29, 1.82) is 0 Å². The molecular weight excluding hydrogens is 256 g/mol. The number of carbonyl (C=O) groups is 2. The summed E-state index contributed by atoms with van der Waals surface area (Å²) in [6.07, 6.45) is 0. The van der Waals surface area contributed by atoms with E-state index in [4.69, 9.17) is 11.6 Å². The molecule has 0 fully saturated rings. The van der Waals surface area contributed by atoms with Crippen molar-refractivity contribution in [3.05, 3.63) is 23.0 Å². The molecule has 2 N–H and O–H groups in total. The molecule has 0 aliphatic heterocycles. The summed E-state index contributed by atoms with van der Waals surface area (Å²) >= 11 is 5.55. The van der Waals surface area contributed by atoms with Crippen LogP contribution in [0.3, 0.4) is 0 Å². The standard InChI is InChI=1S/C11H15ClN4O2/c1-7(2)5-13-10(17)6-14-11(18)8-3-4-9(12)16-15-8/h3-4,7H,5-6H2,1-2H3,(H,13,17)(H,14,18). The third kappa shape index (κ3) is 5.09. The lowest BCUT2D eigenvalue weighted by Gasteiger charge is -2.08. The average molecular weight is 271 g/mol. The van der Waals surface area contributed by atoms with Crippen molar-refractivity contribution in [2.45, 2.75) is 13.8 Å². The van der Waals surface area contributed by atoms with Gasteiger partial charge in [0.1, 0.15) is 0 Å². The molecule has 0 saturated carbocycles. The smallest absolute Gasteiger partial charge is 0.272 e. The Morgan fingerprint density at radius 1 is 1.28 bits per heavy atom. The van der Waals surface area contributed by atoms with E-state index < -0.39 is 5.91 Å². The van der Waals surface area contributed by atoms with Crippen molar-refractivity contribution in [1.82, 2.24) is 20.8 Å². The highest BCUT2D eigenvalue weighted by atomic mass is 35.5. The minimum atomic E-state index is -0.459. The number of nitrogens with zero attached hydrogens (tertiary/aromatic N) is 2. The van der Waals surface area contributed by atoms with Crippen LogP contribution in [0.2, 0.25) is 5.15 Å². The zero-order valence-electron chi connectivity index (χ0n) is 10.2. The van der Waals surface area contributed by atoms with Crippen molar-refractivity contribution in [3.8, 4) is 0 Å². The van der Waals surface area contributed by atoms with Gasteiger partial charge in [0.15, 0.2) is 10.8 Å². The van der Waals surface area contributed by atoms with Crippen LogP contribution in [0, 0.1) is 5.92 Å². The topological polar surface area (TPSA) is 84.0 Å². The van der Waals surface area contributed by atoms with Gasteiger partial charge in [0.05, 0.1) is 6.54 Å². The van der Waals surface area contributed by atoms with Crippen molar-refractivity contribution in [3.63, 3.8) is 0 Å². The number of halogens is 1. The van der Waals surface area contributed by atoms with E-state index in [-0.39, 0.29) is 23.3 Å². The zero-order valence-corrected chi connectivity index (χ0v) is 11.0. The second-order valence-corrected chi connectivity index (χ2v) is 4.51. The molecule has 6 nitrogen and oxygen atoms in total. The number of hydrogen-bond acceptors (Lipinski definition) is 4. The molecule has 1 rings (SSSR count). The Balaban J connectivity index is 2.37. The van der Waals surface area contributed by atoms with Crippen molar-refractivity contribution in [2.24, 2.45) is 5.92 Å². The van der Waals surface area contributed by atoms with Crippen LogP contribution in [-0.4, -0.2) is 35.1 Å². The lowest BCUT2D eigenvalue weighted by Crippen LogP contribution is -2.38. The van der Waals surface area contributed by atoms with Crippen molar-refractivity contribution < 1.29 is 9.59 Å². The predicted molar refractivity (Wildman–Crippen MR) is 67.2 cm³/mol. The summed E-state index contributed by atoms with van der Waals surface area (Å²) in [4.78, 5) is 22.9. The number of amides is 2. The fourth-order valence-corrected chi connectivity index (χ4v) is 1.17. The Bertz CT molecular complexity index is 420. The molecule has 1 aromatic rings. The molecule has 0 radical (unpaired) electrons. The lowest BCUT2D eigenvalue weighted by atomic mass is 10.2. The van der Waals surface area contributed by atoms with Gasteiger partial charge in [-0.1, -0.05) is 25.4 Å². The van der Waals surface area contributed by atoms with Gasteiger partial charge in [0, 0.05) is 6.54 Å². The first-order valence-corrected chi connectivity index (χ1v) is 5.91. The Morgan fingerprint density at radius 2 is 2.00 bits per heavy atom. The molecule has 0 unspecified atom stereocenters. The first-order valence-electron chi connectivity index (χ1n) is 5.53. The van der Waals surface area contributed by atoms with E-state index >= 15 is 0 Å². The monoisotopic (exact) mass is 270 g/mol. The highest BCUT2D eigenvalue weighted by Crippen LogP contribution is 2.01. The van der Waals surface area contributed by atoms with E-state index in [9.17, 15) is 9.59 Å². The van der Waals surface area contributed by atoms with Crippen LogP contribution in [0.25, 0.3) is 0 Å². The van der Waals surface area contributed by atoms with E-state index in [1.807, 2.05) is 13.8 Å². The molecule has 1 aromatic heterocycles. The number of hydrogen-bond donors (Lipinski definition) is 2. The quantitative estimate of drug-likeness (QED) is 0.822. The third-order valence-corrected chi connectivity index (χ3v) is 2.18. The Kier molecular flexibility index (Phi) is 5.51. The second kappa shape index (κ2) is 6.90. The number of aromatic nitrogens is 2. The van der Waals surface area contributed by atoms with Crippen LogP contribution in [0.15, 0.2) is 12.1 Å². The van der Waals surface area contributed by atoms with E-state index in [2.05, 4.69) is 20.8 Å².